The zero-order valence-electron chi connectivity index (χ0n) is 23.9. The van der Waals surface area contributed by atoms with Crippen molar-refractivity contribution in [3.05, 3.63) is 88.3 Å². The molecule has 2 amide bonds. The third-order valence-corrected chi connectivity index (χ3v) is 7.08. The lowest BCUT2D eigenvalue weighted by molar-refractivity contribution is -0.121. The second-order valence-electron chi connectivity index (χ2n) is 8.96. The van der Waals surface area contributed by atoms with Gasteiger partial charge in [-0.1, -0.05) is 12.1 Å². The lowest BCUT2D eigenvalue weighted by Crippen LogP contribution is -2.23. The number of anilines is 1. The molecule has 1 N–H and O–H groups in total. The molecule has 0 saturated carbocycles. The number of rotatable bonds is 10. The van der Waals surface area contributed by atoms with Crippen LogP contribution < -0.4 is 14.8 Å². The fraction of sp³-hybridized carbons (Fsp3) is 0.194. The van der Waals surface area contributed by atoms with Gasteiger partial charge in [0.25, 0.3) is 11.8 Å². The molecule has 11 nitrogen and oxygen atoms in total. The van der Waals surface area contributed by atoms with Gasteiger partial charge in [0.05, 0.1) is 42.5 Å². The molecule has 1 aliphatic rings. The van der Waals surface area contributed by atoms with Crippen LogP contribution in [0, 0.1) is 0 Å². The van der Waals surface area contributed by atoms with Crippen LogP contribution in [0.1, 0.15) is 33.2 Å². The maximum absolute atomic E-state index is 12.9. The van der Waals surface area contributed by atoms with Crippen molar-refractivity contribution in [3.8, 4) is 11.5 Å². The zero-order chi connectivity index (χ0) is 30.9. The van der Waals surface area contributed by atoms with Crippen LogP contribution in [0.3, 0.4) is 0 Å². The summed E-state index contributed by atoms with van der Waals surface area (Å²) in [4.78, 5) is 55.4. The number of nitrogens with one attached hydrogen (secondary N) is 1. The summed E-state index contributed by atoms with van der Waals surface area (Å²) in [5, 5.41) is 3.15. The van der Waals surface area contributed by atoms with Gasteiger partial charge in [-0.05, 0) is 84.9 Å². The monoisotopic (exact) mass is 603 g/mol. The molecule has 0 aromatic heterocycles. The number of methoxy groups -OCH3 is 2. The Labute approximate surface area is 252 Å². The first-order valence-electron chi connectivity index (χ1n) is 13.0. The number of amidine groups is 1. The molecule has 0 bridgehead atoms. The summed E-state index contributed by atoms with van der Waals surface area (Å²) in [7, 11) is 4.40. The van der Waals surface area contributed by atoms with E-state index < -0.39 is 17.8 Å². The van der Waals surface area contributed by atoms with E-state index in [1.807, 2.05) is 0 Å². The fourth-order valence-corrected chi connectivity index (χ4v) is 4.86. The van der Waals surface area contributed by atoms with Crippen LogP contribution in [0.4, 0.5) is 11.4 Å². The van der Waals surface area contributed by atoms with Crippen molar-refractivity contribution in [3.63, 3.8) is 0 Å². The van der Waals surface area contributed by atoms with E-state index in [4.69, 9.17) is 18.9 Å². The Morgan fingerprint density at radius 2 is 1.72 bits per heavy atom. The minimum absolute atomic E-state index is 0.237. The molecule has 1 aliphatic heterocycles. The molecule has 12 heteroatoms. The summed E-state index contributed by atoms with van der Waals surface area (Å²) in [6.07, 6.45) is 1.70. The van der Waals surface area contributed by atoms with E-state index in [9.17, 15) is 19.2 Å². The van der Waals surface area contributed by atoms with Gasteiger partial charge < -0.3 is 24.3 Å². The number of carbonyl (C=O) groups excluding carboxylic acids is 4. The molecule has 1 saturated heterocycles. The van der Waals surface area contributed by atoms with E-state index in [0.29, 0.717) is 49.6 Å². The normalized spacial score (nSPS) is 14.5. The van der Waals surface area contributed by atoms with E-state index >= 15 is 0 Å². The van der Waals surface area contributed by atoms with Gasteiger partial charge in [0, 0.05) is 12.7 Å². The van der Waals surface area contributed by atoms with Gasteiger partial charge in [-0.25, -0.2) is 14.6 Å². The summed E-state index contributed by atoms with van der Waals surface area (Å²) in [5.74, 6) is -0.841. The molecule has 0 atom stereocenters. The zero-order valence-corrected chi connectivity index (χ0v) is 24.7. The van der Waals surface area contributed by atoms with Crippen LogP contribution in [0.5, 0.6) is 11.5 Å². The Balaban J connectivity index is 1.41. The molecule has 4 rings (SSSR count). The number of benzene rings is 3. The highest BCUT2D eigenvalue weighted by atomic mass is 32.2. The van der Waals surface area contributed by atoms with Crippen LogP contribution in [-0.4, -0.2) is 68.3 Å². The second kappa shape index (κ2) is 14.2. The van der Waals surface area contributed by atoms with Crippen molar-refractivity contribution in [2.75, 3.05) is 39.8 Å². The van der Waals surface area contributed by atoms with Crippen molar-refractivity contribution in [1.29, 1.82) is 0 Å². The lowest BCUT2D eigenvalue weighted by atomic mass is 10.2. The van der Waals surface area contributed by atoms with E-state index in [1.165, 1.54) is 30.9 Å². The molecule has 1 heterocycles. The SMILES string of the molecule is CCOC(=O)c1ccc(NC(=O)COc2ccc(C=C3SC(=Nc4cccc(C(=O)OC)c4)N(C)C3=O)cc2OC)cc1. The Morgan fingerprint density at radius 3 is 2.42 bits per heavy atom. The Kier molecular flexibility index (Phi) is 10.2. The number of amides is 2. The molecule has 0 radical (unpaired) electrons. The van der Waals surface area contributed by atoms with Crippen molar-refractivity contribution in [1.82, 2.24) is 4.90 Å². The molecular formula is C31H29N3O8S. The molecular weight excluding hydrogens is 574 g/mol. The highest BCUT2D eigenvalue weighted by Crippen LogP contribution is 2.35. The predicted octanol–water partition coefficient (Wildman–Crippen LogP) is 4.91. The Morgan fingerprint density at radius 1 is 0.953 bits per heavy atom. The van der Waals surface area contributed by atoms with Gasteiger partial charge in [0.15, 0.2) is 23.3 Å². The van der Waals surface area contributed by atoms with Crippen molar-refractivity contribution in [2.45, 2.75) is 6.92 Å². The van der Waals surface area contributed by atoms with E-state index in [0.717, 1.165) is 0 Å². The summed E-state index contributed by atoms with van der Waals surface area (Å²) < 4.78 is 20.8. The van der Waals surface area contributed by atoms with Crippen LogP contribution in [-0.2, 0) is 19.1 Å². The third kappa shape index (κ3) is 7.80. The number of carbonyl (C=O) groups is 4. The maximum atomic E-state index is 12.9. The van der Waals surface area contributed by atoms with Crippen LogP contribution >= 0.6 is 11.8 Å². The van der Waals surface area contributed by atoms with Crippen molar-refractivity contribution < 1.29 is 38.1 Å². The summed E-state index contributed by atoms with van der Waals surface area (Å²) >= 11 is 1.19. The Bertz CT molecular complexity index is 1600. The minimum Gasteiger partial charge on any atom is -0.493 e. The van der Waals surface area contributed by atoms with Gasteiger partial charge >= 0.3 is 11.9 Å². The largest absolute Gasteiger partial charge is 0.493 e. The average molecular weight is 604 g/mol. The molecule has 0 aliphatic carbocycles. The summed E-state index contributed by atoms with van der Waals surface area (Å²) in [6, 6.07) is 18.0. The van der Waals surface area contributed by atoms with Gasteiger partial charge in [-0.2, -0.15) is 0 Å². The summed E-state index contributed by atoms with van der Waals surface area (Å²) in [5.41, 5.74) is 2.42. The van der Waals surface area contributed by atoms with Gasteiger partial charge in [-0.15, -0.1) is 0 Å². The second-order valence-corrected chi connectivity index (χ2v) is 9.97. The smallest absolute Gasteiger partial charge is 0.338 e. The van der Waals surface area contributed by atoms with Gasteiger partial charge in [0.1, 0.15) is 0 Å². The van der Waals surface area contributed by atoms with Gasteiger partial charge in [-0.3, -0.25) is 14.5 Å². The van der Waals surface area contributed by atoms with Crippen LogP contribution in [0.15, 0.2) is 76.6 Å². The molecule has 222 valence electrons. The van der Waals surface area contributed by atoms with E-state index in [2.05, 4.69) is 10.3 Å². The lowest BCUT2D eigenvalue weighted by Gasteiger charge is -2.12. The first-order valence-corrected chi connectivity index (χ1v) is 13.9. The maximum Gasteiger partial charge on any atom is 0.338 e. The number of ether oxygens (including phenoxy) is 4. The number of likely N-dealkylation sites (N-methyl/N-ethyl adjacent to an activating group) is 1. The molecule has 0 spiro atoms. The molecule has 43 heavy (non-hydrogen) atoms. The number of hydrogen-bond donors (Lipinski definition) is 1. The number of aliphatic imine (C=N–C) groups is 1. The minimum atomic E-state index is -0.477. The number of esters is 2. The van der Waals surface area contributed by atoms with Crippen molar-refractivity contribution >= 4 is 58.1 Å². The van der Waals surface area contributed by atoms with E-state index in [1.54, 1.807) is 86.8 Å². The first kappa shape index (κ1) is 30.8. The highest BCUT2D eigenvalue weighted by molar-refractivity contribution is 8.18. The Hall–Kier alpha value is -5.10. The third-order valence-electron chi connectivity index (χ3n) is 6.02. The quantitative estimate of drug-likeness (QED) is 0.254. The topological polar surface area (TPSA) is 133 Å². The van der Waals surface area contributed by atoms with E-state index in [-0.39, 0.29) is 19.1 Å². The summed E-state index contributed by atoms with van der Waals surface area (Å²) in [6.45, 7) is 1.72. The standard InChI is InChI=1S/C31H29N3O8S/c1-5-41-30(38)20-10-12-22(13-11-20)32-27(35)18-42-24-14-9-19(15-25(24)39-3)16-26-28(36)34(2)31(43-26)33-23-8-6-7-21(17-23)29(37)40-4/h6-17H,5,18H2,1-4H3,(H,32,35). The van der Waals surface area contributed by atoms with Crippen molar-refractivity contribution in [2.24, 2.45) is 4.99 Å². The van der Waals surface area contributed by atoms with Crippen LogP contribution in [0.2, 0.25) is 0 Å². The van der Waals surface area contributed by atoms with Gasteiger partial charge in [0.2, 0.25) is 0 Å². The molecule has 1 fully saturated rings. The average Bonchev–Trinajstić information content (AvgIpc) is 3.27. The number of hydrogen-bond acceptors (Lipinski definition) is 10. The van der Waals surface area contributed by atoms with Crippen LogP contribution in [0.25, 0.3) is 6.08 Å². The predicted molar refractivity (Wildman–Crippen MR) is 163 cm³/mol. The molecule has 0 unspecified atom stereocenters. The number of thioether (sulfide) groups is 1. The first-order chi connectivity index (χ1) is 20.7. The molecule has 3 aromatic rings. The number of nitrogens with zero attached hydrogens (tertiary/aromatic N) is 2. The molecule has 3 aromatic carbocycles. The highest BCUT2D eigenvalue weighted by Gasteiger charge is 2.30. The fourth-order valence-electron chi connectivity index (χ4n) is 3.87.